The van der Waals surface area contributed by atoms with Crippen LogP contribution in [0.15, 0.2) is 72.8 Å². The van der Waals surface area contributed by atoms with Gasteiger partial charge >= 0.3 is 0 Å². The number of benzene rings is 3. The first kappa shape index (κ1) is 19.4. The third-order valence-corrected chi connectivity index (χ3v) is 4.87. The van der Waals surface area contributed by atoms with Crippen LogP contribution >= 0.6 is 23.2 Å². The second-order valence-corrected chi connectivity index (χ2v) is 7.13. The van der Waals surface area contributed by atoms with E-state index in [0.717, 1.165) is 16.3 Å². The molecule has 0 fully saturated rings. The quantitative estimate of drug-likeness (QED) is 0.526. The average molecular weight is 399 g/mol. The van der Waals surface area contributed by atoms with Gasteiger partial charge in [-0.3, -0.25) is 4.79 Å². The number of carbonyl (C=O) groups is 1. The van der Waals surface area contributed by atoms with Crippen molar-refractivity contribution in [3.8, 4) is 0 Å². The molecule has 2 N–H and O–H groups in total. The molecule has 0 radical (unpaired) electrons. The molecule has 0 aliphatic carbocycles. The number of amides is 1. The van der Waals surface area contributed by atoms with E-state index in [2.05, 4.69) is 17.6 Å². The standard InChI is InChI=1S/C22H20Cl2N2O/c1-15(17-9-11-18(23)12-10-17)25-14-16-5-4-6-19(13-16)26-22(27)20-7-2-3-8-21(20)24/h2-13,15,25H,14H2,1H3,(H,26,27). The highest BCUT2D eigenvalue weighted by molar-refractivity contribution is 6.34. The highest BCUT2D eigenvalue weighted by Gasteiger charge is 2.10. The summed E-state index contributed by atoms with van der Waals surface area (Å²) in [7, 11) is 0. The molecule has 0 saturated heterocycles. The van der Waals surface area contributed by atoms with E-state index in [1.54, 1.807) is 24.3 Å². The van der Waals surface area contributed by atoms with Gasteiger partial charge in [0, 0.05) is 23.3 Å². The summed E-state index contributed by atoms with van der Waals surface area (Å²) in [6.07, 6.45) is 0. The maximum atomic E-state index is 12.4. The maximum absolute atomic E-state index is 12.4. The Morgan fingerprint density at radius 1 is 0.963 bits per heavy atom. The van der Waals surface area contributed by atoms with E-state index < -0.39 is 0 Å². The lowest BCUT2D eigenvalue weighted by Gasteiger charge is -2.15. The predicted octanol–water partition coefficient (Wildman–Crippen LogP) is 6.10. The Kier molecular flexibility index (Phi) is 6.51. The Hall–Kier alpha value is -2.33. The van der Waals surface area contributed by atoms with Gasteiger partial charge in [0.05, 0.1) is 10.6 Å². The number of rotatable bonds is 6. The van der Waals surface area contributed by atoms with Gasteiger partial charge < -0.3 is 10.6 Å². The van der Waals surface area contributed by atoms with Crippen LogP contribution in [-0.4, -0.2) is 5.91 Å². The van der Waals surface area contributed by atoms with Crippen molar-refractivity contribution in [2.24, 2.45) is 0 Å². The smallest absolute Gasteiger partial charge is 0.257 e. The molecule has 0 heterocycles. The van der Waals surface area contributed by atoms with Crippen LogP contribution in [0.2, 0.25) is 10.0 Å². The van der Waals surface area contributed by atoms with Crippen molar-refractivity contribution >= 4 is 34.8 Å². The van der Waals surface area contributed by atoms with Crippen molar-refractivity contribution in [1.82, 2.24) is 5.32 Å². The monoisotopic (exact) mass is 398 g/mol. The summed E-state index contributed by atoms with van der Waals surface area (Å²) in [6, 6.07) is 22.7. The van der Waals surface area contributed by atoms with Gasteiger partial charge in [-0.2, -0.15) is 0 Å². The SMILES string of the molecule is CC(NCc1cccc(NC(=O)c2ccccc2Cl)c1)c1ccc(Cl)cc1. The van der Waals surface area contributed by atoms with Gasteiger partial charge in [-0.05, 0) is 54.4 Å². The molecule has 3 aromatic carbocycles. The number of hydrogen-bond acceptors (Lipinski definition) is 2. The largest absolute Gasteiger partial charge is 0.322 e. The second kappa shape index (κ2) is 9.05. The summed E-state index contributed by atoms with van der Waals surface area (Å²) >= 11 is 12.0. The van der Waals surface area contributed by atoms with Crippen LogP contribution in [0.1, 0.15) is 34.5 Å². The Bertz CT molecular complexity index is 926. The number of nitrogens with one attached hydrogen (secondary N) is 2. The lowest BCUT2D eigenvalue weighted by Crippen LogP contribution is -2.18. The Morgan fingerprint density at radius 2 is 1.70 bits per heavy atom. The van der Waals surface area contributed by atoms with Crippen molar-refractivity contribution in [2.45, 2.75) is 19.5 Å². The second-order valence-electron chi connectivity index (χ2n) is 6.29. The summed E-state index contributed by atoms with van der Waals surface area (Å²) in [5, 5.41) is 7.54. The van der Waals surface area contributed by atoms with Crippen molar-refractivity contribution in [3.63, 3.8) is 0 Å². The normalized spacial score (nSPS) is 11.8. The summed E-state index contributed by atoms with van der Waals surface area (Å²) in [6.45, 7) is 2.78. The van der Waals surface area contributed by atoms with Crippen LogP contribution in [0.4, 0.5) is 5.69 Å². The highest BCUT2D eigenvalue weighted by Crippen LogP contribution is 2.19. The van der Waals surface area contributed by atoms with Crippen LogP contribution in [0.5, 0.6) is 0 Å². The molecule has 1 unspecified atom stereocenters. The molecule has 27 heavy (non-hydrogen) atoms. The lowest BCUT2D eigenvalue weighted by molar-refractivity contribution is 0.102. The Balaban J connectivity index is 1.62. The molecule has 0 aromatic heterocycles. The van der Waals surface area contributed by atoms with E-state index in [0.29, 0.717) is 17.1 Å². The van der Waals surface area contributed by atoms with E-state index in [1.807, 2.05) is 48.5 Å². The van der Waals surface area contributed by atoms with Crippen LogP contribution in [-0.2, 0) is 6.54 Å². The van der Waals surface area contributed by atoms with Crippen LogP contribution < -0.4 is 10.6 Å². The summed E-state index contributed by atoms with van der Waals surface area (Å²) in [5.41, 5.74) is 3.44. The topological polar surface area (TPSA) is 41.1 Å². The zero-order valence-electron chi connectivity index (χ0n) is 14.9. The molecule has 1 atom stereocenters. The Morgan fingerprint density at radius 3 is 2.44 bits per heavy atom. The first-order chi connectivity index (χ1) is 13.0. The number of hydrogen-bond donors (Lipinski definition) is 2. The zero-order chi connectivity index (χ0) is 19.2. The minimum atomic E-state index is -0.222. The molecule has 0 aliphatic heterocycles. The lowest BCUT2D eigenvalue weighted by atomic mass is 10.1. The number of anilines is 1. The first-order valence-electron chi connectivity index (χ1n) is 8.66. The fraction of sp³-hybridized carbons (Fsp3) is 0.136. The van der Waals surface area contributed by atoms with Gasteiger partial charge in [0.2, 0.25) is 0 Å². The van der Waals surface area contributed by atoms with Crippen LogP contribution in [0, 0.1) is 0 Å². The molecular formula is C22H20Cl2N2O. The van der Waals surface area contributed by atoms with Crippen LogP contribution in [0.3, 0.4) is 0 Å². The zero-order valence-corrected chi connectivity index (χ0v) is 16.4. The fourth-order valence-corrected chi connectivity index (χ4v) is 3.09. The van der Waals surface area contributed by atoms with Crippen molar-refractivity contribution in [2.75, 3.05) is 5.32 Å². The third kappa shape index (κ3) is 5.33. The highest BCUT2D eigenvalue weighted by atomic mass is 35.5. The Labute approximate surface area is 169 Å². The van der Waals surface area contributed by atoms with Gasteiger partial charge in [0.1, 0.15) is 0 Å². The molecule has 3 nitrogen and oxygen atoms in total. The maximum Gasteiger partial charge on any atom is 0.257 e. The van der Waals surface area contributed by atoms with E-state index >= 15 is 0 Å². The van der Waals surface area contributed by atoms with E-state index in [-0.39, 0.29) is 11.9 Å². The number of carbonyl (C=O) groups excluding carboxylic acids is 1. The molecule has 0 bridgehead atoms. The molecule has 3 rings (SSSR count). The van der Waals surface area contributed by atoms with Gasteiger partial charge in [-0.25, -0.2) is 0 Å². The van der Waals surface area contributed by atoms with Crippen LogP contribution in [0.25, 0.3) is 0 Å². The van der Waals surface area contributed by atoms with Crippen molar-refractivity contribution < 1.29 is 4.79 Å². The molecule has 1 amide bonds. The summed E-state index contributed by atoms with van der Waals surface area (Å²) < 4.78 is 0. The third-order valence-electron chi connectivity index (χ3n) is 4.29. The van der Waals surface area contributed by atoms with E-state index in [4.69, 9.17) is 23.2 Å². The van der Waals surface area contributed by atoms with Gasteiger partial charge in [0.25, 0.3) is 5.91 Å². The summed E-state index contributed by atoms with van der Waals surface area (Å²) in [5.74, 6) is -0.222. The molecule has 138 valence electrons. The van der Waals surface area contributed by atoms with E-state index in [9.17, 15) is 4.79 Å². The van der Waals surface area contributed by atoms with Gasteiger partial charge in [-0.1, -0.05) is 59.6 Å². The molecular weight excluding hydrogens is 379 g/mol. The molecule has 0 aliphatic rings. The van der Waals surface area contributed by atoms with Crippen molar-refractivity contribution in [1.29, 1.82) is 0 Å². The molecule has 0 spiro atoms. The number of halogens is 2. The molecule has 0 saturated carbocycles. The van der Waals surface area contributed by atoms with E-state index in [1.165, 1.54) is 5.56 Å². The minimum Gasteiger partial charge on any atom is -0.322 e. The average Bonchev–Trinajstić information content (AvgIpc) is 2.67. The minimum absolute atomic E-state index is 0.184. The molecule has 5 heteroatoms. The van der Waals surface area contributed by atoms with Gasteiger partial charge in [0.15, 0.2) is 0 Å². The predicted molar refractivity (Wildman–Crippen MR) is 113 cm³/mol. The summed E-state index contributed by atoms with van der Waals surface area (Å²) in [4.78, 5) is 12.4. The van der Waals surface area contributed by atoms with Crippen molar-refractivity contribution in [3.05, 3.63) is 99.5 Å². The fourth-order valence-electron chi connectivity index (χ4n) is 2.74. The van der Waals surface area contributed by atoms with Gasteiger partial charge in [-0.15, -0.1) is 0 Å². The molecule has 3 aromatic rings. The first-order valence-corrected chi connectivity index (χ1v) is 9.42.